The third kappa shape index (κ3) is 1.80. The molecule has 0 radical (unpaired) electrons. The van der Waals surface area contributed by atoms with Crippen LogP contribution in [0.2, 0.25) is 0 Å². The standard InChI is InChI=1S/C11H10N6S/c12-8-3-7(4-9(13)5-8)11-14-15-16-17(11)10-1-2-18-6-10/h1-6H,12-13H2. The van der Waals surface area contributed by atoms with Crippen LogP contribution in [0.25, 0.3) is 17.1 Å². The van der Waals surface area contributed by atoms with Crippen LogP contribution in [-0.4, -0.2) is 20.2 Å². The molecule has 0 saturated heterocycles. The predicted octanol–water partition coefficient (Wildman–Crippen LogP) is 1.56. The summed E-state index contributed by atoms with van der Waals surface area (Å²) in [5, 5.41) is 15.6. The first-order valence-electron chi connectivity index (χ1n) is 5.21. The average Bonchev–Trinajstić information content (AvgIpc) is 2.98. The van der Waals surface area contributed by atoms with Crippen LogP contribution in [-0.2, 0) is 0 Å². The van der Waals surface area contributed by atoms with Crippen LogP contribution >= 0.6 is 11.3 Å². The minimum absolute atomic E-state index is 0.588. The van der Waals surface area contributed by atoms with E-state index in [-0.39, 0.29) is 0 Å². The van der Waals surface area contributed by atoms with E-state index in [1.807, 2.05) is 16.8 Å². The Hall–Kier alpha value is -2.41. The van der Waals surface area contributed by atoms with E-state index in [9.17, 15) is 0 Å². The molecule has 0 saturated carbocycles. The summed E-state index contributed by atoms with van der Waals surface area (Å²) < 4.78 is 1.66. The van der Waals surface area contributed by atoms with E-state index >= 15 is 0 Å². The molecule has 0 fully saturated rings. The van der Waals surface area contributed by atoms with Crippen molar-refractivity contribution in [3.8, 4) is 17.1 Å². The van der Waals surface area contributed by atoms with Gasteiger partial charge in [-0.15, -0.1) is 5.10 Å². The van der Waals surface area contributed by atoms with Gasteiger partial charge >= 0.3 is 0 Å². The van der Waals surface area contributed by atoms with Crippen molar-refractivity contribution in [1.29, 1.82) is 0 Å². The molecule has 6 nitrogen and oxygen atoms in total. The number of rotatable bonds is 2. The van der Waals surface area contributed by atoms with E-state index < -0.39 is 0 Å². The summed E-state index contributed by atoms with van der Waals surface area (Å²) >= 11 is 1.58. The molecule has 90 valence electrons. The highest BCUT2D eigenvalue weighted by Crippen LogP contribution is 2.24. The summed E-state index contributed by atoms with van der Waals surface area (Å²) in [5.74, 6) is 0.618. The summed E-state index contributed by atoms with van der Waals surface area (Å²) in [7, 11) is 0. The van der Waals surface area contributed by atoms with Crippen LogP contribution in [0.5, 0.6) is 0 Å². The first-order chi connectivity index (χ1) is 8.74. The molecule has 0 aliphatic heterocycles. The van der Waals surface area contributed by atoms with E-state index in [4.69, 9.17) is 11.5 Å². The molecule has 4 N–H and O–H groups in total. The zero-order valence-electron chi connectivity index (χ0n) is 9.32. The topological polar surface area (TPSA) is 95.6 Å². The summed E-state index contributed by atoms with van der Waals surface area (Å²) in [6.07, 6.45) is 0. The predicted molar refractivity (Wildman–Crippen MR) is 71.3 cm³/mol. The van der Waals surface area contributed by atoms with Gasteiger partial charge in [-0.25, -0.2) is 0 Å². The number of anilines is 2. The molecular formula is C11H10N6S. The van der Waals surface area contributed by atoms with Crippen molar-refractivity contribution in [1.82, 2.24) is 20.2 Å². The fraction of sp³-hybridized carbons (Fsp3) is 0. The summed E-state index contributed by atoms with van der Waals surface area (Å²) in [4.78, 5) is 0. The maximum atomic E-state index is 5.78. The van der Waals surface area contributed by atoms with Gasteiger partial charge in [0.25, 0.3) is 0 Å². The quantitative estimate of drug-likeness (QED) is 0.680. The van der Waals surface area contributed by atoms with Gasteiger partial charge in [-0.05, 0) is 40.1 Å². The Morgan fingerprint density at radius 3 is 2.56 bits per heavy atom. The number of tetrazole rings is 1. The SMILES string of the molecule is Nc1cc(N)cc(-c2nnnn2-c2ccsc2)c1. The Morgan fingerprint density at radius 1 is 1.11 bits per heavy atom. The van der Waals surface area contributed by atoms with E-state index in [0.717, 1.165) is 11.3 Å². The molecule has 0 bridgehead atoms. The van der Waals surface area contributed by atoms with Crippen LogP contribution in [0.4, 0.5) is 11.4 Å². The molecule has 1 aromatic carbocycles. The molecule has 0 atom stereocenters. The Labute approximate surface area is 107 Å². The minimum Gasteiger partial charge on any atom is -0.399 e. The molecule has 0 spiro atoms. The molecule has 0 amide bonds. The summed E-state index contributed by atoms with van der Waals surface area (Å²) in [6.45, 7) is 0. The number of hydrogen-bond acceptors (Lipinski definition) is 6. The molecule has 0 unspecified atom stereocenters. The van der Waals surface area contributed by atoms with Crippen molar-refractivity contribution in [3.05, 3.63) is 35.0 Å². The maximum Gasteiger partial charge on any atom is 0.187 e. The second-order valence-electron chi connectivity index (χ2n) is 3.78. The Bertz CT molecular complexity index is 652. The first-order valence-corrected chi connectivity index (χ1v) is 6.16. The van der Waals surface area contributed by atoms with Crippen molar-refractivity contribution in [3.63, 3.8) is 0 Å². The first kappa shape index (κ1) is 10.7. The number of hydrogen-bond donors (Lipinski definition) is 2. The van der Waals surface area contributed by atoms with Crippen LogP contribution in [0.15, 0.2) is 35.0 Å². The van der Waals surface area contributed by atoms with Gasteiger partial charge in [-0.3, -0.25) is 0 Å². The Morgan fingerprint density at radius 2 is 1.89 bits per heavy atom. The fourth-order valence-corrected chi connectivity index (χ4v) is 2.34. The van der Waals surface area contributed by atoms with Crippen molar-refractivity contribution >= 4 is 22.7 Å². The van der Waals surface area contributed by atoms with Crippen LogP contribution in [0.1, 0.15) is 0 Å². The molecule has 2 heterocycles. The lowest BCUT2D eigenvalue weighted by Crippen LogP contribution is -1.99. The van der Waals surface area contributed by atoms with Crippen LogP contribution in [0, 0.1) is 0 Å². The Balaban J connectivity index is 2.15. The minimum atomic E-state index is 0.588. The Kier molecular flexibility index (Phi) is 2.45. The largest absolute Gasteiger partial charge is 0.399 e. The van der Waals surface area contributed by atoms with Gasteiger partial charge < -0.3 is 11.5 Å². The summed E-state index contributed by atoms with van der Waals surface area (Å²) in [6, 6.07) is 7.23. The molecule has 3 aromatic rings. The van der Waals surface area contributed by atoms with Crippen molar-refractivity contribution in [2.45, 2.75) is 0 Å². The van der Waals surface area contributed by atoms with Gasteiger partial charge in [-0.1, -0.05) is 0 Å². The average molecular weight is 258 g/mol. The lowest BCUT2D eigenvalue weighted by Gasteiger charge is -2.04. The van der Waals surface area contributed by atoms with E-state index in [0.29, 0.717) is 17.2 Å². The molecule has 3 rings (SSSR count). The number of nitrogens with two attached hydrogens (primary N) is 2. The smallest absolute Gasteiger partial charge is 0.187 e. The molecular weight excluding hydrogens is 248 g/mol. The van der Waals surface area contributed by atoms with Crippen LogP contribution in [0.3, 0.4) is 0 Å². The van der Waals surface area contributed by atoms with E-state index in [1.54, 1.807) is 34.2 Å². The van der Waals surface area contributed by atoms with Gasteiger partial charge in [-0.2, -0.15) is 16.0 Å². The molecule has 7 heteroatoms. The molecule has 18 heavy (non-hydrogen) atoms. The highest BCUT2D eigenvalue weighted by molar-refractivity contribution is 7.08. The summed E-state index contributed by atoms with van der Waals surface area (Å²) in [5.41, 5.74) is 14.4. The van der Waals surface area contributed by atoms with E-state index in [1.165, 1.54) is 0 Å². The lowest BCUT2D eigenvalue weighted by molar-refractivity contribution is 0.793. The highest BCUT2D eigenvalue weighted by atomic mass is 32.1. The lowest BCUT2D eigenvalue weighted by atomic mass is 10.1. The van der Waals surface area contributed by atoms with Gasteiger partial charge in [0.05, 0.1) is 5.69 Å². The molecule has 0 aliphatic carbocycles. The second kappa shape index (κ2) is 4.11. The zero-order chi connectivity index (χ0) is 12.5. The number of aromatic nitrogens is 4. The number of thiophene rings is 1. The van der Waals surface area contributed by atoms with Crippen molar-refractivity contribution in [2.75, 3.05) is 11.5 Å². The van der Waals surface area contributed by atoms with Gasteiger partial charge in [0.15, 0.2) is 5.82 Å². The van der Waals surface area contributed by atoms with Crippen molar-refractivity contribution < 1.29 is 0 Å². The van der Waals surface area contributed by atoms with Gasteiger partial charge in [0.2, 0.25) is 0 Å². The van der Waals surface area contributed by atoms with E-state index in [2.05, 4.69) is 15.5 Å². The van der Waals surface area contributed by atoms with Gasteiger partial charge in [0.1, 0.15) is 0 Å². The number of nitrogen functional groups attached to an aromatic ring is 2. The number of benzene rings is 1. The molecule has 0 aliphatic rings. The normalized spacial score (nSPS) is 10.7. The van der Waals surface area contributed by atoms with Gasteiger partial charge in [0, 0.05) is 22.3 Å². The highest BCUT2D eigenvalue weighted by Gasteiger charge is 2.11. The molecule has 2 aromatic heterocycles. The fourth-order valence-electron chi connectivity index (χ4n) is 1.72. The zero-order valence-corrected chi connectivity index (χ0v) is 10.1. The number of nitrogens with zero attached hydrogens (tertiary/aromatic N) is 4. The van der Waals surface area contributed by atoms with Crippen molar-refractivity contribution in [2.24, 2.45) is 0 Å². The third-order valence-electron chi connectivity index (χ3n) is 2.46. The maximum absolute atomic E-state index is 5.78. The monoisotopic (exact) mass is 258 g/mol. The third-order valence-corrected chi connectivity index (χ3v) is 3.13. The second-order valence-corrected chi connectivity index (χ2v) is 4.56. The van der Waals surface area contributed by atoms with Crippen LogP contribution < -0.4 is 11.5 Å².